The topological polar surface area (TPSA) is 66.5 Å². The normalized spacial score (nSPS) is 11.0. The molecule has 0 saturated carbocycles. The van der Waals surface area contributed by atoms with Gasteiger partial charge in [-0.2, -0.15) is 0 Å². The third-order valence-electron chi connectivity index (χ3n) is 4.10. The lowest BCUT2D eigenvalue weighted by atomic mass is 10.3. The molecule has 0 bridgehead atoms. The van der Waals surface area contributed by atoms with Gasteiger partial charge in [0.2, 0.25) is 5.91 Å². The largest absolute Gasteiger partial charge is 0.354 e. The van der Waals surface area contributed by atoms with E-state index in [0.29, 0.717) is 18.0 Å². The quantitative estimate of drug-likeness (QED) is 0.418. The van der Waals surface area contributed by atoms with E-state index in [9.17, 15) is 13.2 Å². The van der Waals surface area contributed by atoms with Crippen LogP contribution in [0.2, 0.25) is 0 Å². The average Bonchev–Trinajstić information content (AvgIpc) is 2.77. The summed E-state index contributed by atoms with van der Waals surface area (Å²) in [5, 5.41) is 2.81. The van der Waals surface area contributed by atoms with Gasteiger partial charge >= 0.3 is 0 Å². The van der Waals surface area contributed by atoms with E-state index >= 15 is 0 Å². The number of sulfonamides is 1. The minimum absolute atomic E-state index is 0.149. The molecule has 0 fully saturated rings. The molecular formula is C22H22N2O3S2. The number of hydrogen-bond acceptors (Lipinski definition) is 4. The molecular weight excluding hydrogens is 404 g/mol. The number of anilines is 1. The van der Waals surface area contributed by atoms with Gasteiger partial charge in [-0.05, 0) is 36.4 Å². The van der Waals surface area contributed by atoms with Gasteiger partial charge in [0.05, 0.1) is 10.6 Å². The van der Waals surface area contributed by atoms with Gasteiger partial charge in [-0.25, -0.2) is 8.42 Å². The average molecular weight is 427 g/mol. The van der Waals surface area contributed by atoms with Crippen LogP contribution in [-0.2, 0) is 14.8 Å². The predicted octanol–water partition coefficient (Wildman–Crippen LogP) is 3.79. The zero-order valence-corrected chi connectivity index (χ0v) is 17.4. The van der Waals surface area contributed by atoms with E-state index in [4.69, 9.17) is 0 Å². The Morgan fingerprint density at radius 2 is 1.38 bits per heavy atom. The second-order valence-electron chi connectivity index (χ2n) is 6.17. The maximum atomic E-state index is 13.1. The fourth-order valence-corrected chi connectivity index (χ4v) is 4.92. The number of hydrogen-bond donors (Lipinski definition) is 1. The van der Waals surface area contributed by atoms with Crippen molar-refractivity contribution < 1.29 is 13.2 Å². The number of nitrogens with one attached hydrogen (secondary N) is 1. The first-order chi connectivity index (χ1) is 14.1. The summed E-state index contributed by atoms with van der Waals surface area (Å²) in [6.07, 6.45) is 0. The van der Waals surface area contributed by atoms with E-state index in [1.54, 1.807) is 60.3 Å². The van der Waals surface area contributed by atoms with Gasteiger partial charge in [-0.1, -0.05) is 54.6 Å². The molecule has 0 spiro atoms. The molecule has 0 aromatic heterocycles. The van der Waals surface area contributed by atoms with E-state index in [2.05, 4.69) is 5.32 Å². The van der Waals surface area contributed by atoms with Crippen molar-refractivity contribution in [3.05, 3.63) is 91.0 Å². The van der Waals surface area contributed by atoms with E-state index in [0.717, 1.165) is 9.20 Å². The molecule has 150 valence electrons. The van der Waals surface area contributed by atoms with E-state index in [1.165, 1.54) is 12.1 Å². The number of carbonyl (C=O) groups excluding carboxylic acids is 1. The molecule has 29 heavy (non-hydrogen) atoms. The van der Waals surface area contributed by atoms with Gasteiger partial charge in [-0.15, -0.1) is 11.8 Å². The fourth-order valence-electron chi connectivity index (χ4n) is 2.69. The zero-order chi connectivity index (χ0) is 20.5. The SMILES string of the molecule is O=C(CN(c1ccccc1)S(=O)(=O)c1ccccc1)NCCSc1ccccc1. The molecule has 0 saturated heterocycles. The highest BCUT2D eigenvalue weighted by molar-refractivity contribution is 7.99. The summed E-state index contributed by atoms with van der Waals surface area (Å²) in [5.41, 5.74) is 0.449. The van der Waals surface area contributed by atoms with E-state index in [1.807, 2.05) is 30.3 Å². The highest BCUT2D eigenvalue weighted by Crippen LogP contribution is 2.23. The minimum Gasteiger partial charge on any atom is -0.354 e. The highest BCUT2D eigenvalue weighted by Gasteiger charge is 2.26. The summed E-state index contributed by atoms with van der Waals surface area (Å²) in [6.45, 7) is 0.170. The summed E-state index contributed by atoms with van der Waals surface area (Å²) in [4.78, 5) is 13.8. The van der Waals surface area contributed by atoms with Crippen molar-refractivity contribution in [2.24, 2.45) is 0 Å². The number of para-hydroxylation sites is 1. The summed E-state index contributed by atoms with van der Waals surface area (Å²) in [6, 6.07) is 26.7. The van der Waals surface area contributed by atoms with Crippen LogP contribution in [0, 0.1) is 0 Å². The highest BCUT2D eigenvalue weighted by atomic mass is 32.2. The van der Waals surface area contributed by atoms with Crippen LogP contribution in [0.3, 0.4) is 0 Å². The van der Waals surface area contributed by atoms with Gasteiger partial charge in [0, 0.05) is 17.2 Å². The smallest absolute Gasteiger partial charge is 0.264 e. The molecule has 0 heterocycles. The summed E-state index contributed by atoms with van der Waals surface area (Å²) in [5.74, 6) is 0.356. The third kappa shape index (κ3) is 5.85. The molecule has 1 N–H and O–H groups in total. The van der Waals surface area contributed by atoms with Crippen LogP contribution in [-0.4, -0.2) is 33.2 Å². The second kappa shape index (κ2) is 10.1. The second-order valence-corrected chi connectivity index (χ2v) is 9.20. The standard InChI is InChI=1S/C22H22N2O3S2/c25-22(23-16-17-28-20-12-6-2-7-13-20)18-24(19-10-4-1-5-11-19)29(26,27)21-14-8-3-9-15-21/h1-15H,16-18H2,(H,23,25). The third-order valence-corrected chi connectivity index (χ3v) is 6.90. The summed E-state index contributed by atoms with van der Waals surface area (Å²) in [7, 11) is -3.86. The molecule has 3 rings (SSSR count). The number of thioether (sulfide) groups is 1. The molecule has 0 aliphatic heterocycles. The predicted molar refractivity (Wildman–Crippen MR) is 118 cm³/mol. The lowest BCUT2D eigenvalue weighted by Crippen LogP contribution is -2.41. The monoisotopic (exact) mass is 426 g/mol. The van der Waals surface area contributed by atoms with Crippen molar-refractivity contribution in [1.29, 1.82) is 0 Å². The molecule has 3 aromatic carbocycles. The van der Waals surface area contributed by atoms with Crippen LogP contribution in [0.1, 0.15) is 0 Å². The number of rotatable bonds is 9. The number of amides is 1. The van der Waals surface area contributed by atoms with Crippen LogP contribution in [0.4, 0.5) is 5.69 Å². The summed E-state index contributed by atoms with van der Waals surface area (Å²) >= 11 is 1.63. The molecule has 0 aliphatic carbocycles. The number of carbonyl (C=O) groups is 1. The van der Waals surface area contributed by atoms with Gasteiger partial charge in [-0.3, -0.25) is 9.10 Å². The lowest BCUT2D eigenvalue weighted by molar-refractivity contribution is -0.119. The molecule has 5 nitrogen and oxygen atoms in total. The van der Waals surface area contributed by atoms with Crippen molar-refractivity contribution in [2.75, 3.05) is 23.1 Å². The first kappa shape index (κ1) is 21.0. The van der Waals surface area contributed by atoms with Gasteiger partial charge in [0.25, 0.3) is 10.0 Å². The lowest BCUT2D eigenvalue weighted by Gasteiger charge is -2.24. The molecule has 3 aromatic rings. The van der Waals surface area contributed by atoms with Crippen molar-refractivity contribution in [3.63, 3.8) is 0 Å². The molecule has 7 heteroatoms. The molecule has 0 radical (unpaired) electrons. The van der Waals surface area contributed by atoms with Gasteiger partial charge in [0.15, 0.2) is 0 Å². The first-order valence-corrected chi connectivity index (χ1v) is 11.6. The number of nitrogens with zero attached hydrogens (tertiary/aromatic N) is 1. The molecule has 1 amide bonds. The van der Waals surface area contributed by atoms with Gasteiger partial charge in [0.1, 0.15) is 6.54 Å². The Kier molecular flexibility index (Phi) is 7.32. The van der Waals surface area contributed by atoms with E-state index < -0.39 is 10.0 Å². The first-order valence-electron chi connectivity index (χ1n) is 9.15. The Hall–Kier alpha value is -2.77. The Morgan fingerprint density at radius 1 is 0.828 bits per heavy atom. The van der Waals surface area contributed by atoms with Crippen molar-refractivity contribution in [2.45, 2.75) is 9.79 Å². The number of benzene rings is 3. The minimum atomic E-state index is -3.86. The molecule has 0 aliphatic rings. The van der Waals surface area contributed by atoms with Crippen molar-refractivity contribution >= 4 is 33.4 Å². The van der Waals surface area contributed by atoms with Crippen LogP contribution in [0.15, 0.2) is 101 Å². The Balaban J connectivity index is 1.66. The van der Waals surface area contributed by atoms with Crippen LogP contribution >= 0.6 is 11.8 Å². The van der Waals surface area contributed by atoms with Crippen LogP contribution in [0.5, 0.6) is 0 Å². The van der Waals surface area contributed by atoms with Crippen LogP contribution < -0.4 is 9.62 Å². The maximum absolute atomic E-state index is 13.1. The Morgan fingerprint density at radius 3 is 2.00 bits per heavy atom. The maximum Gasteiger partial charge on any atom is 0.264 e. The fraction of sp³-hybridized carbons (Fsp3) is 0.136. The van der Waals surface area contributed by atoms with Crippen molar-refractivity contribution in [3.8, 4) is 0 Å². The van der Waals surface area contributed by atoms with Crippen molar-refractivity contribution in [1.82, 2.24) is 5.32 Å². The summed E-state index contributed by atoms with van der Waals surface area (Å²) < 4.78 is 27.4. The molecule has 0 atom stereocenters. The van der Waals surface area contributed by atoms with E-state index in [-0.39, 0.29) is 17.3 Å². The Labute approximate surface area is 175 Å². The van der Waals surface area contributed by atoms with Gasteiger partial charge < -0.3 is 5.32 Å². The Bertz CT molecular complexity index is 1010. The zero-order valence-electron chi connectivity index (χ0n) is 15.8. The molecule has 0 unspecified atom stereocenters. The van der Waals surface area contributed by atoms with Crippen LogP contribution in [0.25, 0.3) is 0 Å².